The fourth-order valence-corrected chi connectivity index (χ4v) is 11.1. The van der Waals surface area contributed by atoms with Gasteiger partial charge in [-0.1, -0.05) is 142 Å². The topological polar surface area (TPSA) is 21.7 Å². The second-order valence-corrected chi connectivity index (χ2v) is 17.1. The highest BCUT2D eigenvalue weighted by molar-refractivity contribution is 7.99. The number of rotatable bonds is 6. The normalized spacial score (nSPS) is 20.0. The molecule has 2 fully saturated rings. The van der Waals surface area contributed by atoms with Crippen molar-refractivity contribution in [2.45, 2.75) is 67.8 Å². The van der Waals surface area contributed by atoms with Crippen molar-refractivity contribution in [3.8, 4) is 28.0 Å². The molecule has 2 heterocycles. The third-order valence-corrected chi connectivity index (χ3v) is 13.7. The lowest BCUT2D eigenvalue weighted by atomic mass is 9.67. The monoisotopic (exact) mass is 739 g/mol. The largest absolute Gasteiger partial charge is 0.472 e. The van der Waals surface area contributed by atoms with E-state index in [1.165, 1.54) is 105 Å². The molecule has 2 aliphatic carbocycles. The van der Waals surface area contributed by atoms with E-state index in [0.717, 1.165) is 48.9 Å². The molecule has 0 N–H and O–H groups in total. The zero-order valence-corrected chi connectivity index (χ0v) is 32.7. The summed E-state index contributed by atoms with van der Waals surface area (Å²) in [4.78, 5) is 3.76. The lowest BCUT2D eigenvalue weighted by Crippen LogP contribution is -2.37. The zero-order chi connectivity index (χ0) is 36.8. The molecule has 276 valence electrons. The van der Waals surface area contributed by atoms with Crippen LogP contribution in [0.15, 0.2) is 132 Å². The van der Waals surface area contributed by atoms with Crippen LogP contribution < -0.4 is 9.64 Å². The molecule has 0 bridgehead atoms. The first kappa shape index (κ1) is 34.7. The summed E-state index contributed by atoms with van der Waals surface area (Å²) in [7, 11) is 0. The van der Waals surface area contributed by atoms with Crippen molar-refractivity contribution in [1.29, 1.82) is 0 Å². The van der Waals surface area contributed by atoms with Gasteiger partial charge in [0, 0.05) is 51.2 Å². The van der Waals surface area contributed by atoms with E-state index in [0.29, 0.717) is 0 Å². The molecular weight excluding hydrogens is 691 g/mol. The fourth-order valence-electron chi connectivity index (χ4n) is 10.2. The molecule has 4 heteroatoms. The molecule has 3 nitrogen and oxygen atoms in total. The maximum absolute atomic E-state index is 7.87. The summed E-state index contributed by atoms with van der Waals surface area (Å²) in [6, 6.07) is 45.3. The molecule has 1 atom stereocenters. The molecule has 0 amide bonds. The van der Waals surface area contributed by atoms with Crippen molar-refractivity contribution >= 4 is 34.3 Å². The van der Waals surface area contributed by atoms with Gasteiger partial charge >= 0.3 is 0 Å². The third-order valence-electron chi connectivity index (χ3n) is 12.8. The number of hydrogen-bond acceptors (Lipinski definition) is 4. The Kier molecular flexibility index (Phi) is 9.07. The van der Waals surface area contributed by atoms with Gasteiger partial charge < -0.3 is 14.4 Å². The van der Waals surface area contributed by atoms with Gasteiger partial charge in [-0.25, -0.2) is 0 Å². The Labute approximate surface area is 330 Å². The Morgan fingerprint density at radius 3 is 2.09 bits per heavy atom. The first-order chi connectivity index (χ1) is 27.2. The summed E-state index contributed by atoms with van der Waals surface area (Å²) in [5.41, 5.74) is 12.3. The average molecular weight is 740 g/mol. The molecule has 2 aliphatic heterocycles. The summed E-state index contributed by atoms with van der Waals surface area (Å²) in [6.45, 7) is 5.63. The molecule has 4 aliphatic rings. The quantitative estimate of drug-likeness (QED) is 0.159. The van der Waals surface area contributed by atoms with Crippen LogP contribution in [0.5, 0.6) is 5.75 Å². The Hall–Kier alpha value is -4.77. The van der Waals surface area contributed by atoms with E-state index in [9.17, 15) is 0 Å². The van der Waals surface area contributed by atoms with Gasteiger partial charge in [-0.2, -0.15) is 0 Å². The van der Waals surface area contributed by atoms with Crippen LogP contribution in [0.25, 0.3) is 39.1 Å². The van der Waals surface area contributed by atoms with Crippen LogP contribution in [-0.2, 0) is 15.8 Å². The number of benzene rings is 6. The molecule has 0 aromatic heterocycles. The van der Waals surface area contributed by atoms with Crippen LogP contribution >= 0.6 is 11.8 Å². The minimum Gasteiger partial charge on any atom is -0.472 e. The van der Waals surface area contributed by atoms with Crippen LogP contribution in [0.3, 0.4) is 0 Å². The minimum atomic E-state index is -0.803. The molecule has 1 spiro atoms. The molecule has 55 heavy (non-hydrogen) atoms. The van der Waals surface area contributed by atoms with E-state index in [-0.39, 0.29) is 5.41 Å². The van der Waals surface area contributed by atoms with Crippen LogP contribution in [0, 0.1) is 0 Å². The van der Waals surface area contributed by atoms with Crippen molar-refractivity contribution in [3.63, 3.8) is 0 Å². The molecular formula is C51H49NO2S. The number of thioether (sulfide) groups is 1. The van der Waals surface area contributed by atoms with Gasteiger partial charge in [0.05, 0.1) is 13.2 Å². The molecule has 10 rings (SSSR count). The van der Waals surface area contributed by atoms with Crippen LogP contribution in [0.2, 0.25) is 0 Å². The first-order valence-corrected chi connectivity index (χ1v) is 21.5. The highest BCUT2D eigenvalue weighted by atomic mass is 32.2. The average Bonchev–Trinajstić information content (AvgIpc) is 3.53. The van der Waals surface area contributed by atoms with Gasteiger partial charge in [0.15, 0.2) is 5.60 Å². The Balaban J connectivity index is 1.26. The summed E-state index contributed by atoms with van der Waals surface area (Å²) >= 11 is 1.95. The maximum Gasteiger partial charge on any atom is 0.178 e. The maximum atomic E-state index is 7.87. The van der Waals surface area contributed by atoms with Crippen LogP contribution in [0.1, 0.15) is 79.7 Å². The van der Waals surface area contributed by atoms with E-state index in [2.05, 4.69) is 145 Å². The molecule has 1 saturated carbocycles. The summed E-state index contributed by atoms with van der Waals surface area (Å²) in [5, 5.41) is 2.51. The predicted molar refractivity (Wildman–Crippen MR) is 231 cm³/mol. The smallest absolute Gasteiger partial charge is 0.178 e. The van der Waals surface area contributed by atoms with Crippen molar-refractivity contribution in [2.75, 3.05) is 37.0 Å². The van der Waals surface area contributed by atoms with Gasteiger partial charge in [0.25, 0.3) is 0 Å². The van der Waals surface area contributed by atoms with Crippen LogP contribution in [-0.4, -0.2) is 32.1 Å². The lowest BCUT2D eigenvalue weighted by Gasteiger charge is -2.40. The van der Waals surface area contributed by atoms with E-state index in [4.69, 9.17) is 9.47 Å². The lowest BCUT2D eigenvalue weighted by molar-refractivity contribution is 0.122. The summed E-state index contributed by atoms with van der Waals surface area (Å²) in [6.07, 6.45) is 13.6. The van der Waals surface area contributed by atoms with E-state index < -0.39 is 5.60 Å². The summed E-state index contributed by atoms with van der Waals surface area (Å²) in [5.74, 6) is 2.02. The second kappa shape index (κ2) is 14.4. The Morgan fingerprint density at radius 2 is 1.35 bits per heavy atom. The van der Waals surface area contributed by atoms with Gasteiger partial charge in [0.2, 0.25) is 0 Å². The number of anilines is 1. The van der Waals surface area contributed by atoms with Gasteiger partial charge in [0.1, 0.15) is 5.75 Å². The molecule has 6 aromatic rings. The number of ether oxygens (including phenoxy) is 2. The highest BCUT2D eigenvalue weighted by Gasteiger charge is 2.48. The van der Waals surface area contributed by atoms with Crippen molar-refractivity contribution in [1.82, 2.24) is 0 Å². The molecule has 1 unspecified atom stereocenters. The van der Waals surface area contributed by atoms with Gasteiger partial charge in [-0.05, 0) is 87.7 Å². The number of hydrogen-bond donors (Lipinski definition) is 0. The standard InChI is InChI=1S/C51H49NO2S/c1-2-55-46-35-43-44(34-42(46)36-16-8-6-9-17-36)49-41(48-47(43)40-20-12-13-21-45(40)50(48)27-14-4-3-5-15-28-50)26-29-51(54-49,37-18-10-7-11-19-37)38-22-24-39(25-23-38)52-30-32-53-33-31-52/h6-13,16-26,29,34-35H,2-5,14-15,27-28,30-33H2,1H3. The number of fused-ring (bicyclic) bond motifs is 10. The fraction of sp³-hybridized carbons (Fsp3) is 0.294. The SMILES string of the molecule is CCSc1cc2c3c(c4c(c2cc1-c1ccccc1)OC(c1ccccc1)(c1ccc(N2CCOCC2)cc1)C=C4)C1(CCCCCCC1)c1ccccc1-3. The summed E-state index contributed by atoms with van der Waals surface area (Å²) < 4.78 is 13.5. The van der Waals surface area contributed by atoms with Crippen molar-refractivity contribution < 1.29 is 9.47 Å². The Morgan fingerprint density at radius 1 is 0.673 bits per heavy atom. The molecule has 0 radical (unpaired) electrons. The number of nitrogens with zero attached hydrogens (tertiary/aromatic N) is 1. The predicted octanol–water partition coefficient (Wildman–Crippen LogP) is 12.8. The zero-order valence-electron chi connectivity index (χ0n) is 31.9. The third kappa shape index (κ3) is 5.75. The first-order valence-electron chi connectivity index (χ1n) is 20.5. The van der Waals surface area contributed by atoms with E-state index in [1.807, 2.05) is 11.8 Å². The Bertz CT molecular complexity index is 2370. The van der Waals surface area contributed by atoms with E-state index >= 15 is 0 Å². The second-order valence-electron chi connectivity index (χ2n) is 15.8. The van der Waals surface area contributed by atoms with Gasteiger partial charge in [-0.15, -0.1) is 11.8 Å². The number of morpholine rings is 1. The van der Waals surface area contributed by atoms with Crippen LogP contribution in [0.4, 0.5) is 5.69 Å². The minimum absolute atomic E-state index is 0.0406. The molecule has 1 saturated heterocycles. The van der Waals surface area contributed by atoms with Crippen molar-refractivity contribution in [3.05, 3.63) is 155 Å². The molecule has 6 aromatic carbocycles. The van der Waals surface area contributed by atoms with E-state index in [1.54, 1.807) is 0 Å². The highest BCUT2D eigenvalue weighted by Crippen LogP contribution is 2.62. The van der Waals surface area contributed by atoms with Gasteiger partial charge in [-0.3, -0.25) is 0 Å². The van der Waals surface area contributed by atoms with Crippen molar-refractivity contribution in [2.24, 2.45) is 0 Å².